The Balaban J connectivity index is 2.60. The van der Waals surface area contributed by atoms with Gasteiger partial charge in [-0.2, -0.15) is 11.8 Å². The van der Waals surface area contributed by atoms with Crippen LogP contribution >= 0.6 is 11.8 Å². The second-order valence-electron chi connectivity index (χ2n) is 12.2. The Kier molecular flexibility index (Phi) is 7.59. The molecule has 0 aromatic carbocycles. The summed E-state index contributed by atoms with van der Waals surface area (Å²) in [5.74, 6) is -0.915. The maximum Gasteiger partial charge on any atom is 0.312 e. The van der Waals surface area contributed by atoms with Crippen molar-refractivity contribution in [3.63, 3.8) is 0 Å². The smallest absolute Gasteiger partial charge is 0.312 e. The van der Waals surface area contributed by atoms with Crippen molar-refractivity contribution in [2.75, 3.05) is 18.1 Å². The first kappa shape index (κ1) is 27.5. The van der Waals surface area contributed by atoms with Crippen LogP contribution in [0.4, 0.5) is 0 Å². The van der Waals surface area contributed by atoms with Gasteiger partial charge in [-0.1, -0.05) is 0 Å². The minimum atomic E-state index is -1.41. The van der Waals surface area contributed by atoms with Crippen LogP contribution in [0, 0.1) is 16.2 Å². The van der Waals surface area contributed by atoms with Gasteiger partial charge in [0, 0.05) is 18.1 Å². The van der Waals surface area contributed by atoms with Gasteiger partial charge in [0.1, 0.15) is 0 Å². The lowest BCUT2D eigenvalue weighted by Gasteiger charge is -2.55. The third kappa shape index (κ3) is 5.84. The fourth-order valence-corrected chi connectivity index (χ4v) is 4.68. The Bertz CT molecular complexity index is 805. The molecule has 1 amide bonds. The van der Waals surface area contributed by atoms with Gasteiger partial charge in [0.25, 0.3) is 5.91 Å². The van der Waals surface area contributed by atoms with E-state index < -0.39 is 63.9 Å². The normalized spacial score (nSPS) is 28.6. The number of amides is 1. The van der Waals surface area contributed by atoms with Gasteiger partial charge in [0.05, 0.1) is 21.8 Å². The second-order valence-corrected chi connectivity index (χ2v) is 13.3. The van der Waals surface area contributed by atoms with E-state index in [0.29, 0.717) is 18.1 Å². The van der Waals surface area contributed by atoms with Crippen LogP contribution < -0.4 is 0 Å². The zero-order valence-electron chi connectivity index (χ0n) is 21.6. The van der Waals surface area contributed by atoms with Crippen molar-refractivity contribution >= 4 is 35.6 Å². The summed E-state index contributed by atoms with van der Waals surface area (Å²) < 4.78 is 17.5. The van der Waals surface area contributed by atoms with Crippen LogP contribution in [0.5, 0.6) is 0 Å². The lowest BCUT2D eigenvalue weighted by molar-refractivity contribution is -0.225. The zero-order valence-corrected chi connectivity index (χ0v) is 22.4. The topological polar surface area (TPSA) is 99.2 Å². The summed E-state index contributed by atoms with van der Waals surface area (Å²) in [6.07, 6.45) is -3.67. The molecule has 9 heteroatoms. The molecule has 0 bridgehead atoms. The largest absolute Gasteiger partial charge is 0.455 e. The van der Waals surface area contributed by atoms with Crippen molar-refractivity contribution in [1.29, 1.82) is 0 Å². The van der Waals surface area contributed by atoms with Crippen molar-refractivity contribution in [3.8, 4) is 0 Å². The first-order valence-electron chi connectivity index (χ1n) is 11.3. The van der Waals surface area contributed by atoms with Crippen LogP contribution in [0.2, 0.25) is 0 Å². The van der Waals surface area contributed by atoms with E-state index >= 15 is 0 Å². The van der Waals surface area contributed by atoms with Crippen molar-refractivity contribution < 1.29 is 33.4 Å². The first-order valence-corrected chi connectivity index (χ1v) is 12.5. The zero-order chi connectivity index (χ0) is 25.6. The average Bonchev–Trinajstić information content (AvgIpc) is 2.65. The number of nitrogens with zero attached hydrogens (tertiary/aromatic N) is 1. The highest BCUT2D eigenvalue weighted by atomic mass is 32.2. The summed E-state index contributed by atoms with van der Waals surface area (Å²) in [4.78, 5) is 53.9. The maximum absolute atomic E-state index is 13.6. The molecule has 2 heterocycles. The lowest BCUT2D eigenvalue weighted by Crippen LogP contribution is -2.75. The highest BCUT2D eigenvalue weighted by molar-refractivity contribution is 7.99. The molecule has 0 N–H and O–H groups in total. The number of ether oxygens (including phenoxy) is 3. The number of hydrogen-bond acceptors (Lipinski definition) is 8. The molecular formula is C24H39NO7S. The molecule has 0 saturated carbocycles. The van der Waals surface area contributed by atoms with Crippen molar-refractivity contribution in [2.45, 2.75) is 93.1 Å². The molecule has 33 heavy (non-hydrogen) atoms. The Labute approximate surface area is 201 Å². The van der Waals surface area contributed by atoms with E-state index in [4.69, 9.17) is 14.2 Å². The number of esters is 3. The molecule has 0 aliphatic carbocycles. The molecule has 188 valence electrons. The van der Waals surface area contributed by atoms with E-state index in [2.05, 4.69) is 0 Å². The highest BCUT2D eigenvalue weighted by Crippen LogP contribution is 2.41. The molecule has 2 saturated heterocycles. The number of carbonyl (C=O) groups is 4. The van der Waals surface area contributed by atoms with Crippen molar-refractivity contribution in [2.24, 2.45) is 16.2 Å². The van der Waals surface area contributed by atoms with Crippen LogP contribution in [-0.4, -0.2) is 70.6 Å². The summed E-state index contributed by atoms with van der Waals surface area (Å²) in [5.41, 5.74) is -3.50. The molecule has 0 radical (unpaired) electrons. The van der Waals surface area contributed by atoms with Crippen LogP contribution in [0.15, 0.2) is 0 Å². The number of piperidine rings is 1. The molecule has 0 unspecified atom stereocenters. The monoisotopic (exact) mass is 485 g/mol. The van der Waals surface area contributed by atoms with E-state index in [-0.39, 0.29) is 0 Å². The Morgan fingerprint density at radius 2 is 1.30 bits per heavy atom. The Hall–Kier alpha value is -1.77. The third-order valence-corrected chi connectivity index (χ3v) is 7.00. The summed E-state index contributed by atoms with van der Waals surface area (Å²) in [5, 5.41) is 0. The molecule has 2 rings (SSSR count). The third-order valence-electron chi connectivity index (χ3n) is 5.74. The van der Waals surface area contributed by atoms with Gasteiger partial charge in [-0.3, -0.25) is 19.2 Å². The summed E-state index contributed by atoms with van der Waals surface area (Å²) in [7, 11) is 0. The van der Waals surface area contributed by atoms with Gasteiger partial charge in [-0.05, 0) is 69.2 Å². The molecule has 2 aliphatic heterocycles. The van der Waals surface area contributed by atoms with E-state index in [1.54, 1.807) is 79.0 Å². The predicted molar refractivity (Wildman–Crippen MR) is 125 cm³/mol. The van der Waals surface area contributed by atoms with Gasteiger partial charge >= 0.3 is 17.9 Å². The number of rotatable bonds is 3. The highest BCUT2D eigenvalue weighted by Gasteiger charge is 2.62. The fraction of sp³-hybridized carbons (Fsp3) is 0.833. The molecule has 2 fully saturated rings. The first-order chi connectivity index (χ1) is 14.8. The summed E-state index contributed by atoms with van der Waals surface area (Å²) >= 11 is 1.63. The molecule has 0 aromatic heterocycles. The van der Waals surface area contributed by atoms with Crippen molar-refractivity contribution in [3.05, 3.63) is 0 Å². The van der Waals surface area contributed by atoms with Gasteiger partial charge in [-0.25, -0.2) is 0 Å². The van der Waals surface area contributed by atoms with Gasteiger partial charge in [0.2, 0.25) is 6.10 Å². The quantitative estimate of drug-likeness (QED) is 0.444. The van der Waals surface area contributed by atoms with E-state index in [1.807, 2.05) is 6.92 Å². The molecule has 2 aliphatic rings. The van der Waals surface area contributed by atoms with Gasteiger partial charge in [-0.15, -0.1) is 0 Å². The SMILES string of the molecule is CC(C)(C)C(=O)O[C@@H]1[C@H](OC(=O)C(C)(C)C)C(=O)N2CCSC[C@]2(C)[C@H]1OC(=O)C(C)(C)C. The van der Waals surface area contributed by atoms with E-state index in [9.17, 15) is 19.2 Å². The number of thioether (sulfide) groups is 1. The minimum Gasteiger partial charge on any atom is -0.455 e. The molecule has 0 aromatic rings. The molecule has 8 nitrogen and oxygen atoms in total. The number of carbonyl (C=O) groups excluding carboxylic acids is 4. The van der Waals surface area contributed by atoms with Gasteiger partial charge in [0.15, 0.2) is 12.2 Å². The standard InChI is InChI=1S/C24H39NO7S/c1-21(2,3)18(27)30-14-15(31-19(28)22(4,5)6)17(26)25-11-12-33-13-24(25,10)16(14)32-20(29)23(7,8)9/h14-16H,11-13H2,1-10H3/t14-,15+,16+,24-/m1/s1. The Morgan fingerprint density at radius 1 is 0.848 bits per heavy atom. The Morgan fingerprint density at radius 3 is 1.79 bits per heavy atom. The van der Waals surface area contributed by atoms with E-state index in [1.165, 1.54) is 0 Å². The van der Waals surface area contributed by atoms with Crippen LogP contribution in [0.25, 0.3) is 0 Å². The number of fused-ring (bicyclic) bond motifs is 1. The molecule has 4 atom stereocenters. The number of hydrogen-bond donors (Lipinski definition) is 0. The molecular weight excluding hydrogens is 446 g/mol. The van der Waals surface area contributed by atoms with Gasteiger partial charge < -0.3 is 19.1 Å². The van der Waals surface area contributed by atoms with Crippen molar-refractivity contribution in [1.82, 2.24) is 4.90 Å². The van der Waals surface area contributed by atoms with Crippen LogP contribution in [-0.2, 0) is 33.4 Å². The summed E-state index contributed by atoms with van der Waals surface area (Å²) in [6.45, 7) is 17.5. The van der Waals surface area contributed by atoms with Crippen LogP contribution in [0.1, 0.15) is 69.2 Å². The maximum atomic E-state index is 13.6. The minimum absolute atomic E-state index is 0.410. The summed E-state index contributed by atoms with van der Waals surface area (Å²) in [6, 6.07) is 0. The lowest BCUT2D eigenvalue weighted by atomic mass is 9.81. The second kappa shape index (κ2) is 9.12. The average molecular weight is 486 g/mol. The predicted octanol–water partition coefficient (Wildman–Crippen LogP) is 3.21. The van der Waals surface area contributed by atoms with E-state index in [0.717, 1.165) is 0 Å². The van der Waals surface area contributed by atoms with Crippen LogP contribution in [0.3, 0.4) is 0 Å². The molecule has 0 spiro atoms. The fourth-order valence-electron chi connectivity index (χ4n) is 3.49.